The molecule has 9 heteroatoms. The first-order chi connectivity index (χ1) is 12.4. The predicted octanol–water partition coefficient (Wildman–Crippen LogP) is 1.62. The van der Waals surface area contributed by atoms with Crippen LogP contribution in [-0.2, 0) is 14.4 Å². The lowest BCUT2D eigenvalue weighted by Gasteiger charge is -2.07. The predicted molar refractivity (Wildman–Crippen MR) is 109 cm³/mol. The van der Waals surface area contributed by atoms with Crippen molar-refractivity contribution in [2.75, 3.05) is 26.2 Å². The Balaban J connectivity index is 3.38. The summed E-state index contributed by atoms with van der Waals surface area (Å²) in [5.41, 5.74) is 0. The maximum Gasteiger partial charge on any atom is 0.280 e. The molecule has 0 aromatic rings. The van der Waals surface area contributed by atoms with E-state index in [4.69, 9.17) is 0 Å². The van der Waals surface area contributed by atoms with Crippen LogP contribution in [0.25, 0.3) is 0 Å². The zero-order valence-corrected chi connectivity index (χ0v) is 17.7. The first-order valence-electron chi connectivity index (χ1n) is 9.13. The van der Waals surface area contributed by atoms with E-state index < -0.39 is 0 Å². The third-order valence-corrected chi connectivity index (χ3v) is 3.95. The van der Waals surface area contributed by atoms with Gasteiger partial charge >= 0.3 is 0 Å². The molecular weight excluding hydrogens is 451 g/mol. The lowest BCUT2D eigenvalue weighted by Crippen LogP contribution is -2.34. The van der Waals surface area contributed by atoms with Crippen LogP contribution in [0.3, 0.4) is 0 Å². The number of amides is 4. The van der Waals surface area contributed by atoms with Gasteiger partial charge in [-0.2, -0.15) is 0 Å². The van der Waals surface area contributed by atoms with Gasteiger partial charge in [-0.3, -0.25) is 19.2 Å². The average Bonchev–Trinajstić information content (AvgIpc) is 2.57. The number of nitrogens with one attached hydrogen (secondary N) is 4. The van der Waals surface area contributed by atoms with E-state index >= 15 is 0 Å². The van der Waals surface area contributed by atoms with E-state index in [-0.39, 0.29) is 21.6 Å². The number of hydrogen-bond acceptors (Lipinski definition) is 4. The maximum atomic E-state index is 11.6. The molecule has 0 spiro atoms. The van der Waals surface area contributed by atoms with Crippen LogP contribution >= 0.6 is 22.6 Å². The zero-order valence-electron chi connectivity index (χ0n) is 15.5. The third kappa shape index (κ3) is 18.9. The van der Waals surface area contributed by atoms with Gasteiger partial charge in [-0.05, 0) is 25.7 Å². The zero-order chi connectivity index (χ0) is 19.6. The van der Waals surface area contributed by atoms with Gasteiger partial charge in [0.05, 0.1) is 0 Å². The van der Waals surface area contributed by atoms with Crippen LogP contribution in [0.1, 0.15) is 58.3 Å². The van der Waals surface area contributed by atoms with Crippen molar-refractivity contribution in [1.82, 2.24) is 21.3 Å². The highest BCUT2D eigenvalue weighted by atomic mass is 127. The van der Waals surface area contributed by atoms with Crippen LogP contribution < -0.4 is 21.3 Å². The molecule has 4 N–H and O–H groups in total. The normalized spacial score (nSPS) is 10.1. The molecule has 0 bridgehead atoms. The Morgan fingerprint density at radius 2 is 1.08 bits per heavy atom. The smallest absolute Gasteiger partial charge is 0.280 e. The monoisotopic (exact) mass is 482 g/mol. The SMILES string of the molecule is CC(=O)NCCCCCC(=O)NCCNC(=O)CCCCCNC(=O)I. The van der Waals surface area contributed by atoms with Crippen LogP contribution in [0.2, 0.25) is 0 Å². The van der Waals surface area contributed by atoms with Gasteiger partial charge in [0.2, 0.25) is 17.7 Å². The number of halogens is 1. The summed E-state index contributed by atoms with van der Waals surface area (Å²) in [5, 5.41) is 11.0. The maximum absolute atomic E-state index is 11.6. The number of carbonyl (C=O) groups excluding carboxylic acids is 4. The fraction of sp³-hybridized carbons (Fsp3) is 0.765. The van der Waals surface area contributed by atoms with E-state index in [2.05, 4.69) is 21.3 Å². The van der Waals surface area contributed by atoms with Gasteiger partial charge in [-0.25, -0.2) is 0 Å². The summed E-state index contributed by atoms with van der Waals surface area (Å²) in [6.07, 6.45) is 6.01. The summed E-state index contributed by atoms with van der Waals surface area (Å²) in [4.78, 5) is 44.6. The fourth-order valence-corrected chi connectivity index (χ4v) is 2.48. The van der Waals surface area contributed by atoms with Gasteiger partial charge in [0, 0.05) is 68.5 Å². The Kier molecular flexibility index (Phi) is 16.1. The summed E-state index contributed by atoms with van der Waals surface area (Å²) < 4.78 is -0.0626. The van der Waals surface area contributed by atoms with Crippen molar-refractivity contribution in [1.29, 1.82) is 0 Å². The first-order valence-corrected chi connectivity index (χ1v) is 10.2. The molecule has 4 amide bonds. The van der Waals surface area contributed by atoms with E-state index in [9.17, 15) is 19.2 Å². The van der Waals surface area contributed by atoms with E-state index in [1.807, 2.05) is 0 Å². The Labute approximate surface area is 169 Å². The Bertz CT molecular complexity index is 406. The second-order valence-electron chi connectivity index (χ2n) is 6.00. The van der Waals surface area contributed by atoms with E-state index in [0.717, 1.165) is 38.5 Å². The average molecular weight is 482 g/mol. The fourth-order valence-electron chi connectivity index (χ4n) is 2.21. The molecule has 0 saturated heterocycles. The Hall–Kier alpha value is -1.39. The van der Waals surface area contributed by atoms with E-state index in [1.54, 1.807) is 22.6 Å². The van der Waals surface area contributed by atoms with E-state index in [0.29, 0.717) is 39.0 Å². The van der Waals surface area contributed by atoms with Crippen molar-refractivity contribution >= 4 is 44.2 Å². The van der Waals surface area contributed by atoms with E-state index in [1.165, 1.54) is 6.92 Å². The molecule has 0 aromatic heterocycles. The summed E-state index contributed by atoms with van der Waals surface area (Å²) in [6, 6.07) is 0. The summed E-state index contributed by atoms with van der Waals surface area (Å²) in [6.45, 7) is 3.63. The highest BCUT2D eigenvalue weighted by Crippen LogP contribution is 2.00. The first kappa shape index (κ1) is 24.6. The largest absolute Gasteiger partial charge is 0.356 e. The molecule has 0 aliphatic carbocycles. The van der Waals surface area contributed by atoms with Crippen LogP contribution in [0.5, 0.6) is 0 Å². The van der Waals surface area contributed by atoms with Crippen molar-refractivity contribution in [3.63, 3.8) is 0 Å². The molecular formula is C17H31IN4O4. The van der Waals surface area contributed by atoms with Crippen molar-refractivity contribution in [3.05, 3.63) is 0 Å². The molecule has 0 rings (SSSR count). The van der Waals surface area contributed by atoms with Gasteiger partial charge in [0.15, 0.2) is 0 Å². The number of rotatable bonds is 15. The molecule has 0 radical (unpaired) electrons. The van der Waals surface area contributed by atoms with Crippen LogP contribution in [0.15, 0.2) is 0 Å². The highest BCUT2D eigenvalue weighted by Gasteiger charge is 2.03. The number of unbranched alkanes of at least 4 members (excludes halogenated alkanes) is 4. The van der Waals surface area contributed by atoms with Crippen LogP contribution in [-0.4, -0.2) is 47.8 Å². The molecule has 0 atom stereocenters. The van der Waals surface area contributed by atoms with Crippen molar-refractivity contribution in [2.45, 2.75) is 58.3 Å². The Morgan fingerprint density at radius 3 is 1.50 bits per heavy atom. The lowest BCUT2D eigenvalue weighted by atomic mass is 10.2. The summed E-state index contributed by atoms with van der Waals surface area (Å²) in [7, 11) is 0. The Morgan fingerprint density at radius 1 is 0.615 bits per heavy atom. The quantitative estimate of drug-likeness (QED) is 0.123. The topological polar surface area (TPSA) is 116 Å². The second kappa shape index (κ2) is 17.0. The van der Waals surface area contributed by atoms with Crippen molar-refractivity contribution < 1.29 is 19.2 Å². The number of carbonyl (C=O) groups is 4. The van der Waals surface area contributed by atoms with Crippen LogP contribution in [0.4, 0.5) is 4.79 Å². The molecule has 150 valence electrons. The van der Waals surface area contributed by atoms with Crippen molar-refractivity contribution in [3.8, 4) is 0 Å². The van der Waals surface area contributed by atoms with Gasteiger partial charge in [0.25, 0.3) is 3.91 Å². The minimum Gasteiger partial charge on any atom is -0.356 e. The summed E-state index contributed by atoms with van der Waals surface area (Å²) in [5.74, 6) is -0.0688. The highest BCUT2D eigenvalue weighted by molar-refractivity contribution is 14.1. The molecule has 0 saturated carbocycles. The molecule has 0 aliphatic heterocycles. The second-order valence-corrected chi connectivity index (χ2v) is 6.98. The molecule has 8 nitrogen and oxygen atoms in total. The van der Waals surface area contributed by atoms with Gasteiger partial charge in [0.1, 0.15) is 0 Å². The number of hydrogen-bond donors (Lipinski definition) is 4. The minimum absolute atomic E-state index is 0.0175. The molecule has 26 heavy (non-hydrogen) atoms. The molecule has 0 fully saturated rings. The van der Waals surface area contributed by atoms with Crippen LogP contribution in [0, 0.1) is 0 Å². The minimum atomic E-state index is -0.0626. The molecule has 0 heterocycles. The van der Waals surface area contributed by atoms with Crippen molar-refractivity contribution in [2.24, 2.45) is 0 Å². The van der Waals surface area contributed by atoms with Gasteiger partial charge in [-0.15, -0.1) is 0 Å². The molecule has 0 aliphatic rings. The van der Waals surface area contributed by atoms with Gasteiger partial charge in [-0.1, -0.05) is 12.8 Å². The van der Waals surface area contributed by atoms with Gasteiger partial charge < -0.3 is 21.3 Å². The molecule has 0 aromatic carbocycles. The lowest BCUT2D eigenvalue weighted by molar-refractivity contribution is -0.123. The third-order valence-electron chi connectivity index (χ3n) is 3.57. The molecule has 0 unspecified atom stereocenters. The standard InChI is InChI=1S/C17H31IN4O4/c1-14(23)19-10-6-2-4-8-15(24)20-12-13-21-16(25)9-5-3-7-11-22-17(18)26/h2-13H2,1H3,(H,19,23)(H,20,24)(H,21,25)(H,22,26). The summed E-state index contributed by atoms with van der Waals surface area (Å²) >= 11 is 1.69.